The van der Waals surface area contributed by atoms with Crippen LogP contribution in [0.4, 0.5) is 0 Å². The normalized spacial score (nSPS) is 26.8. The monoisotopic (exact) mass is 317 g/mol. The molecule has 2 atom stereocenters. The molecule has 1 aliphatic carbocycles. The number of ether oxygens (including phenoxy) is 1. The third kappa shape index (κ3) is 2.60. The number of sulfonamides is 1. The Hall–Kier alpha value is -0.960. The fraction of sp³-hybridized carbons (Fsp3) is 0.583. The summed E-state index contributed by atoms with van der Waals surface area (Å²) in [4.78, 5) is 10.7. The van der Waals surface area contributed by atoms with E-state index in [4.69, 9.17) is 9.84 Å². The second-order valence-electron chi connectivity index (χ2n) is 5.11. The van der Waals surface area contributed by atoms with Gasteiger partial charge in [-0.25, -0.2) is 17.9 Å². The van der Waals surface area contributed by atoms with Gasteiger partial charge in [-0.2, -0.15) is 0 Å². The van der Waals surface area contributed by atoms with Gasteiger partial charge in [-0.05, 0) is 36.6 Å². The third-order valence-electron chi connectivity index (χ3n) is 3.64. The van der Waals surface area contributed by atoms with Gasteiger partial charge in [0.15, 0.2) is 0 Å². The van der Waals surface area contributed by atoms with E-state index in [1.807, 2.05) is 0 Å². The number of carboxylic acids is 1. The average molecular weight is 317 g/mol. The van der Waals surface area contributed by atoms with Crippen molar-refractivity contribution in [3.8, 4) is 0 Å². The van der Waals surface area contributed by atoms with Crippen molar-refractivity contribution < 1.29 is 23.1 Å². The second kappa shape index (κ2) is 5.10. The molecular weight excluding hydrogens is 302 g/mol. The molecule has 0 bridgehead atoms. The van der Waals surface area contributed by atoms with Crippen molar-refractivity contribution in [2.24, 2.45) is 5.92 Å². The zero-order chi connectivity index (χ0) is 14.3. The van der Waals surface area contributed by atoms with Crippen molar-refractivity contribution in [3.63, 3.8) is 0 Å². The first kappa shape index (κ1) is 14.0. The van der Waals surface area contributed by atoms with E-state index >= 15 is 0 Å². The molecule has 2 N–H and O–H groups in total. The van der Waals surface area contributed by atoms with Crippen molar-refractivity contribution in [3.05, 3.63) is 16.3 Å². The van der Waals surface area contributed by atoms with E-state index in [2.05, 4.69) is 4.72 Å². The Labute approximate surface area is 120 Å². The number of thiophene rings is 1. The van der Waals surface area contributed by atoms with Crippen LogP contribution in [0.25, 0.3) is 0 Å². The molecule has 2 unspecified atom stereocenters. The van der Waals surface area contributed by atoms with Gasteiger partial charge in [-0.3, -0.25) is 0 Å². The van der Waals surface area contributed by atoms with Crippen molar-refractivity contribution in [1.82, 2.24) is 4.72 Å². The largest absolute Gasteiger partial charge is 0.477 e. The lowest BCUT2D eigenvalue weighted by Crippen LogP contribution is -2.41. The molecule has 1 aromatic heterocycles. The number of carbonyl (C=O) groups is 1. The summed E-state index contributed by atoms with van der Waals surface area (Å²) < 4.78 is 32.9. The number of hydrogen-bond acceptors (Lipinski definition) is 5. The predicted molar refractivity (Wildman–Crippen MR) is 72.5 cm³/mol. The Bertz CT molecular complexity index is 620. The highest BCUT2D eigenvalue weighted by atomic mass is 32.2. The molecule has 110 valence electrons. The number of hydrogen-bond donors (Lipinski definition) is 2. The topological polar surface area (TPSA) is 92.7 Å². The Kier molecular flexibility index (Phi) is 3.57. The minimum atomic E-state index is -3.82. The molecule has 1 saturated carbocycles. The van der Waals surface area contributed by atoms with Gasteiger partial charge in [0.25, 0.3) is 0 Å². The first-order valence-electron chi connectivity index (χ1n) is 6.44. The number of nitrogens with one attached hydrogen (secondary N) is 1. The first-order valence-corrected chi connectivity index (χ1v) is 8.80. The molecule has 0 aromatic carbocycles. The molecule has 0 radical (unpaired) electrons. The molecule has 8 heteroatoms. The molecule has 1 saturated heterocycles. The lowest BCUT2D eigenvalue weighted by Gasteiger charge is -2.19. The Morgan fingerprint density at radius 3 is 2.80 bits per heavy atom. The summed E-state index contributed by atoms with van der Waals surface area (Å²) >= 11 is 0.912. The summed E-state index contributed by atoms with van der Waals surface area (Å²) in [5.41, 5.74) is 0. The highest BCUT2D eigenvalue weighted by Crippen LogP contribution is 2.39. The minimum Gasteiger partial charge on any atom is -0.477 e. The summed E-state index contributed by atoms with van der Waals surface area (Å²) in [5.74, 6) is -0.784. The highest BCUT2D eigenvalue weighted by Gasteiger charge is 2.42. The molecule has 0 amide bonds. The van der Waals surface area contributed by atoms with E-state index in [0.717, 1.165) is 24.2 Å². The summed E-state index contributed by atoms with van der Waals surface area (Å²) in [6, 6.07) is 1.08. The van der Waals surface area contributed by atoms with E-state index < -0.39 is 16.0 Å². The average Bonchev–Trinajstić information content (AvgIpc) is 2.91. The van der Waals surface area contributed by atoms with Crippen molar-refractivity contribution >= 4 is 27.3 Å². The maximum absolute atomic E-state index is 12.3. The van der Waals surface area contributed by atoms with E-state index in [9.17, 15) is 13.2 Å². The van der Waals surface area contributed by atoms with E-state index in [-0.39, 0.29) is 21.9 Å². The van der Waals surface area contributed by atoms with Crippen LogP contribution < -0.4 is 4.72 Å². The molecule has 2 heterocycles. The van der Waals surface area contributed by atoms with Crippen LogP contribution in [0.5, 0.6) is 0 Å². The van der Waals surface area contributed by atoms with Crippen molar-refractivity contribution in [2.75, 3.05) is 6.61 Å². The lowest BCUT2D eigenvalue weighted by molar-refractivity contribution is 0.0698. The second-order valence-corrected chi connectivity index (χ2v) is 7.71. The number of aromatic carboxylic acids is 1. The SMILES string of the molecule is O=C(O)c1sccc1S(=O)(=O)NC1CCOC1C1CC1. The van der Waals surface area contributed by atoms with Gasteiger partial charge in [-0.15, -0.1) is 11.3 Å². The summed E-state index contributed by atoms with van der Waals surface area (Å²) in [6.07, 6.45) is 2.70. The quantitative estimate of drug-likeness (QED) is 0.853. The van der Waals surface area contributed by atoms with Crippen LogP contribution in [0.3, 0.4) is 0 Å². The summed E-state index contributed by atoms with van der Waals surface area (Å²) in [6.45, 7) is 0.545. The zero-order valence-corrected chi connectivity index (χ0v) is 12.2. The summed E-state index contributed by atoms with van der Waals surface area (Å²) in [5, 5.41) is 10.5. The van der Waals surface area contributed by atoms with Crippen LogP contribution in [0.1, 0.15) is 28.9 Å². The van der Waals surface area contributed by atoms with Crippen LogP contribution in [-0.2, 0) is 14.8 Å². The number of carboxylic acid groups (broad SMARTS) is 1. The first-order chi connectivity index (χ1) is 9.49. The van der Waals surface area contributed by atoms with Crippen LogP contribution in [0.2, 0.25) is 0 Å². The molecular formula is C12H15NO5S2. The van der Waals surface area contributed by atoms with Gasteiger partial charge in [0.05, 0.1) is 12.1 Å². The maximum atomic E-state index is 12.3. The molecule has 0 spiro atoms. The minimum absolute atomic E-state index is 0.0725. The maximum Gasteiger partial charge on any atom is 0.347 e. The Morgan fingerprint density at radius 2 is 2.15 bits per heavy atom. The Morgan fingerprint density at radius 1 is 1.40 bits per heavy atom. The molecule has 3 rings (SSSR count). The predicted octanol–water partition coefficient (Wildman–Crippen LogP) is 1.29. The van der Waals surface area contributed by atoms with E-state index in [0.29, 0.717) is 18.9 Å². The van der Waals surface area contributed by atoms with E-state index in [1.165, 1.54) is 11.4 Å². The molecule has 2 fully saturated rings. The fourth-order valence-corrected chi connectivity index (χ4v) is 5.10. The highest BCUT2D eigenvalue weighted by molar-refractivity contribution is 7.89. The van der Waals surface area contributed by atoms with Crippen molar-refractivity contribution in [1.29, 1.82) is 0 Å². The zero-order valence-electron chi connectivity index (χ0n) is 10.6. The van der Waals surface area contributed by atoms with Gasteiger partial charge in [0.2, 0.25) is 10.0 Å². The van der Waals surface area contributed by atoms with Gasteiger partial charge in [-0.1, -0.05) is 0 Å². The summed E-state index contributed by atoms with van der Waals surface area (Å²) in [7, 11) is -3.82. The van der Waals surface area contributed by atoms with Gasteiger partial charge >= 0.3 is 5.97 Å². The molecule has 6 nitrogen and oxygen atoms in total. The van der Waals surface area contributed by atoms with Crippen LogP contribution >= 0.6 is 11.3 Å². The third-order valence-corrected chi connectivity index (χ3v) is 6.21. The van der Waals surface area contributed by atoms with Gasteiger partial charge < -0.3 is 9.84 Å². The van der Waals surface area contributed by atoms with Crippen LogP contribution in [0.15, 0.2) is 16.3 Å². The molecule has 2 aliphatic rings. The van der Waals surface area contributed by atoms with Gasteiger partial charge in [0, 0.05) is 6.61 Å². The van der Waals surface area contributed by atoms with Gasteiger partial charge in [0.1, 0.15) is 9.77 Å². The molecule has 1 aliphatic heterocycles. The smallest absolute Gasteiger partial charge is 0.347 e. The van der Waals surface area contributed by atoms with Crippen molar-refractivity contribution in [2.45, 2.75) is 36.3 Å². The fourth-order valence-electron chi connectivity index (χ4n) is 2.55. The number of rotatable bonds is 5. The Balaban J connectivity index is 1.81. The standard InChI is InChI=1S/C12H15NO5S2/c14-12(15)11-9(4-6-19-11)20(16,17)13-8-3-5-18-10(8)7-1-2-7/h4,6-8,10,13H,1-3,5H2,(H,14,15). The molecule has 1 aromatic rings. The van der Waals surface area contributed by atoms with Crippen LogP contribution in [-0.4, -0.2) is 38.2 Å². The van der Waals surface area contributed by atoms with Crippen LogP contribution in [0, 0.1) is 5.92 Å². The van der Waals surface area contributed by atoms with E-state index in [1.54, 1.807) is 0 Å². The lowest BCUT2D eigenvalue weighted by atomic mass is 10.1. The molecule has 20 heavy (non-hydrogen) atoms.